The van der Waals surface area contributed by atoms with Crippen molar-refractivity contribution in [3.63, 3.8) is 0 Å². The van der Waals surface area contributed by atoms with Crippen molar-refractivity contribution in [1.29, 1.82) is 0 Å². The average molecular weight is 407 g/mol. The summed E-state index contributed by atoms with van der Waals surface area (Å²) >= 11 is 3.21. The molecule has 0 fully saturated rings. The maximum absolute atomic E-state index is 12.7. The van der Waals surface area contributed by atoms with Crippen LogP contribution in [0.5, 0.6) is 0 Å². The van der Waals surface area contributed by atoms with Gasteiger partial charge in [0, 0.05) is 35.0 Å². The molecule has 0 aliphatic carbocycles. The van der Waals surface area contributed by atoms with E-state index in [0.717, 1.165) is 27.6 Å². The number of aromatic nitrogens is 3. The molecule has 1 N–H and O–H groups in total. The number of hydrogen-bond donors (Lipinski definition) is 1. The third-order valence-corrected chi connectivity index (χ3v) is 5.89. The van der Waals surface area contributed by atoms with Gasteiger partial charge >= 0.3 is 0 Å². The number of thiazole rings is 1. The number of nitrogens with zero attached hydrogens (tertiary/aromatic N) is 3. The van der Waals surface area contributed by atoms with Crippen LogP contribution in [0.3, 0.4) is 0 Å². The topological polar surface area (TPSA) is 59.8 Å². The molecule has 2 aromatic carbocycles. The third-order valence-electron chi connectivity index (χ3n) is 4.15. The summed E-state index contributed by atoms with van der Waals surface area (Å²) in [6, 6.07) is 17.6. The minimum Gasteiger partial charge on any atom is -0.348 e. The van der Waals surface area contributed by atoms with E-state index in [2.05, 4.69) is 15.4 Å². The average Bonchev–Trinajstić information content (AvgIpc) is 3.45. The summed E-state index contributed by atoms with van der Waals surface area (Å²) in [5, 5.41) is 9.26. The molecule has 4 aromatic rings. The molecule has 1 amide bonds. The molecule has 0 saturated carbocycles. The molecule has 0 aliphatic rings. The maximum Gasteiger partial charge on any atom is 0.252 e. The lowest BCUT2D eigenvalue weighted by molar-refractivity contribution is 0.0948. The highest BCUT2D eigenvalue weighted by atomic mass is 32.2. The molecule has 0 radical (unpaired) electrons. The van der Waals surface area contributed by atoms with Gasteiger partial charge in [-0.2, -0.15) is 5.10 Å². The van der Waals surface area contributed by atoms with Crippen molar-refractivity contribution in [3.8, 4) is 5.69 Å². The molecule has 140 valence electrons. The molecule has 7 heteroatoms. The first kappa shape index (κ1) is 18.5. The predicted octanol–water partition coefficient (Wildman–Crippen LogP) is 4.55. The summed E-state index contributed by atoms with van der Waals surface area (Å²) in [7, 11) is 0. The van der Waals surface area contributed by atoms with Gasteiger partial charge in [-0.25, -0.2) is 9.67 Å². The molecule has 2 aromatic heterocycles. The van der Waals surface area contributed by atoms with E-state index in [-0.39, 0.29) is 5.91 Å². The zero-order valence-corrected chi connectivity index (χ0v) is 16.6. The second kappa shape index (κ2) is 8.86. The van der Waals surface area contributed by atoms with Gasteiger partial charge in [0.15, 0.2) is 0 Å². The van der Waals surface area contributed by atoms with Crippen molar-refractivity contribution in [2.24, 2.45) is 0 Å². The second-order valence-corrected chi connectivity index (χ2v) is 7.80. The lowest BCUT2D eigenvalue weighted by Crippen LogP contribution is -2.23. The van der Waals surface area contributed by atoms with Crippen molar-refractivity contribution >= 4 is 29.0 Å². The SMILES string of the molecule is O=C(NCc1ccc(-n2cccn2)cc1)c1ccccc1SCc1cscn1. The van der Waals surface area contributed by atoms with Crippen LogP contribution in [0.15, 0.2) is 82.8 Å². The Hall–Kier alpha value is -2.90. The standard InChI is InChI=1S/C21H18N4OS2/c26-21(19-4-1-2-5-20(19)28-14-17-13-27-15-23-17)22-12-16-6-8-18(9-7-16)25-11-3-10-24-25/h1-11,13,15H,12,14H2,(H,22,26). The smallest absolute Gasteiger partial charge is 0.252 e. The molecular formula is C21H18N4OS2. The molecule has 5 nitrogen and oxygen atoms in total. The van der Waals surface area contributed by atoms with E-state index in [1.807, 2.05) is 71.7 Å². The zero-order chi connectivity index (χ0) is 19.2. The van der Waals surface area contributed by atoms with Crippen molar-refractivity contribution in [2.45, 2.75) is 17.2 Å². The summed E-state index contributed by atoms with van der Waals surface area (Å²) in [6.07, 6.45) is 3.65. The Morgan fingerprint density at radius 2 is 1.96 bits per heavy atom. The fraction of sp³-hybridized carbons (Fsp3) is 0.0952. The lowest BCUT2D eigenvalue weighted by atomic mass is 10.2. The fourth-order valence-corrected chi connectivity index (χ4v) is 4.32. The van der Waals surface area contributed by atoms with E-state index in [1.165, 1.54) is 0 Å². The molecule has 0 atom stereocenters. The quantitative estimate of drug-likeness (QED) is 0.458. The van der Waals surface area contributed by atoms with Crippen LogP contribution in [0.4, 0.5) is 0 Å². The van der Waals surface area contributed by atoms with Crippen molar-refractivity contribution in [3.05, 3.63) is 94.7 Å². The Morgan fingerprint density at radius 3 is 2.71 bits per heavy atom. The minimum atomic E-state index is -0.0717. The third kappa shape index (κ3) is 4.49. The van der Waals surface area contributed by atoms with Gasteiger partial charge in [-0.3, -0.25) is 4.79 Å². The minimum absolute atomic E-state index is 0.0717. The van der Waals surface area contributed by atoms with Crippen LogP contribution in [0.25, 0.3) is 5.69 Å². The normalized spacial score (nSPS) is 10.7. The van der Waals surface area contributed by atoms with Gasteiger partial charge in [0.05, 0.1) is 22.5 Å². The number of amides is 1. The van der Waals surface area contributed by atoms with Crippen molar-refractivity contribution < 1.29 is 4.79 Å². The Balaban J connectivity index is 1.38. The monoisotopic (exact) mass is 406 g/mol. The Morgan fingerprint density at radius 1 is 1.11 bits per heavy atom. The van der Waals surface area contributed by atoms with E-state index in [9.17, 15) is 4.79 Å². The lowest BCUT2D eigenvalue weighted by Gasteiger charge is -2.10. The molecular weight excluding hydrogens is 388 g/mol. The number of carbonyl (C=O) groups excluding carboxylic acids is 1. The van der Waals surface area contributed by atoms with E-state index in [0.29, 0.717) is 12.1 Å². The molecule has 0 bridgehead atoms. The second-order valence-electron chi connectivity index (χ2n) is 6.06. The zero-order valence-electron chi connectivity index (χ0n) is 15.0. The fourth-order valence-electron chi connectivity index (χ4n) is 2.71. The first-order valence-electron chi connectivity index (χ1n) is 8.75. The van der Waals surface area contributed by atoms with Gasteiger partial charge in [-0.15, -0.1) is 23.1 Å². The summed E-state index contributed by atoms with van der Waals surface area (Å²) in [5.41, 5.74) is 5.57. The van der Waals surface area contributed by atoms with E-state index in [4.69, 9.17) is 0 Å². The van der Waals surface area contributed by atoms with Gasteiger partial charge in [-0.1, -0.05) is 24.3 Å². The molecule has 2 heterocycles. The molecule has 4 rings (SSSR count). The number of hydrogen-bond acceptors (Lipinski definition) is 5. The number of nitrogens with one attached hydrogen (secondary N) is 1. The van der Waals surface area contributed by atoms with Crippen molar-refractivity contribution in [1.82, 2.24) is 20.1 Å². The Kier molecular flexibility index (Phi) is 5.84. The van der Waals surface area contributed by atoms with Crippen LogP contribution < -0.4 is 5.32 Å². The van der Waals surface area contributed by atoms with Gasteiger partial charge in [0.25, 0.3) is 5.91 Å². The number of carbonyl (C=O) groups is 1. The molecule has 28 heavy (non-hydrogen) atoms. The van der Waals surface area contributed by atoms with Crippen LogP contribution >= 0.6 is 23.1 Å². The number of rotatable bonds is 7. The van der Waals surface area contributed by atoms with Gasteiger partial charge in [0.2, 0.25) is 0 Å². The highest BCUT2D eigenvalue weighted by molar-refractivity contribution is 7.98. The largest absolute Gasteiger partial charge is 0.348 e. The molecule has 0 spiro atoms. The van der Waals surface area contributed by atoms with Crippen LogP contribution in [-0.4, -0.2) is 20.7 Å². The summed E-state index contributed by atoms with van der Waals surface area (Å²) < 4.78 is 1.80. The summed E-state index contributed by atoms with van der Waals surface area (Å²) in [5.74, 6) is 0.681. The van der Waals surface area contributed by atoms with Gasteiger partial charge in [-0.05, 0) is 35.9 Å². The van der Waals surface area contributed by atoms with E-state index >= 15 is 0 Å². The highest BCUT2D eigenvalue weighted by Gasteiger charge is 2.11. The van der Waals surface area contributed by atoms with Gasteiger partial charge < -0.3 is 5.32 Å². The van der Waals surface area contributed by atoms with Gasteiger partial charge in [0.1, 0.15) is 0 Å². The first-order valence-corrected chi connectivity index (χ1v) is 10.7. The number of benzene rings is 2. The molecule has 0 unspecified atom stereocenters. The van der Waals surface area contributed by atoms with Crippen LogP contribution in [-0.2, 0) is 12.3 Å². The van der Waals surface area contributed by atoms with Crippen LogP contribution in [0.2, 0.25) is 0 Å². The van der Waals surface area contributed by atoms with E-state index < -0.39 is 0 Å². The summed E-state index contributed by atoms with van der Waals surface area (Å²) in [6.45, 7) is 0.476. The summed E-state index contributed by atoms with van der Waals surface area (Å²) in [4.78, 5) is 18.0. The predicted molar refractivity (Wildman–Crippen MR) is 113 cm³/mol. The van der Waals surface area contributed by atoms with Crippen LogP contribution in [0.1, 0.15) is 21.6 Å². The Bertz CT molecular complexity index is 1030. The molecule has 0 aliphatic heterocycles. The van der Waals surface area contributed by atoms with E-state index in [1.54, 1.807) is 34.0 Å². The number of thioether (sulfide) groups is 1. The maximum atomic E-state index is 12.7. The first-order chi connectivity index (χ1) is 13.8. The van der Waals surface area contributed by atoms with Crippen molar-refractivity contribution in [2.75, 3.05) is 0 Å². The Labute approximate surface area is 171 Å². The highest BCUT2D eigenvalue weighted by Crippen LogP contribution is 2.26. The molecule has 0 saturated heterocycles. The van der Waals surface area contributed by atoms with Crippen LogP contribution in [0, 0.1) is 0 Å².